The third kappa shape index (κ3) is 3.36. The largest absolute Gasteiger partial charge is 0.494 e. The summed E-state index contributed by atoms with van der Waals surface area (Å²) in [4.78, 5) is 0. The Kier molecular flexibility index (Phi) is 4.74. The van der Waals surface area contributed by atoms with Crippen LogP contribution in [0.15, 0.2) is 42.5 Å². The Labute approximate surface area is 119 Å². The number of nitrogens with two attached hydrogens (primary N) is 1. The summed E-state index contributed by atoms with van der Waals surface area (Å²) < 4.78 is 18.7. The number of benzene rings is 2. The van der Waals surface area contributed by atoms with Gasteiger partial charge in [-0.1, -0.05) is 35.9 Å². The van der Waals surface area contributed by atoms with Crippen LogP contribution in [-0.2, 0) is 6.42 Å². The Morgan fingerprint density at radius 1 is 1.15 bits per heavy atom. The van der Waals surface area contributed by atoms with Crippen LogP contribution in [0.4, 0.5) is 4.39 Å². The Bertz CT molecular complexity index is 566. The van der Waals surface area contributed by atoms with Crippen molar-refractivity contribution in [2.24, 2.45) is 5.73 Å². The summed E-state index contributed by atoms with van der Waals surface area (Å²) in [5, 5.41) is 0. The lowest BCUT2D eigenvalue weighted by atomic mass is 9.91. The van der Waals surface area contributed by atoms with Crippen molar-refractivity contribution in [1.29, 1.82) is 0 Å². The minimum Gasteiger partial charge on any atom is -0.494 e. The molecule has 1 atom stereocenters. The van der Waals surface area contributed by atoms with Crippen LogP contribution in [0.25, 0.3) is 0 Å². The van der Waals surface area contributed by atoms with Crippen molar-refractivity contribution in [1.82, 2.24) is 0 Å². The van der Waals surface area contributed by atoms with E-state index >= 15 is 0 Å². The minimum absolute atomic E-state index is 0.109. The van der Waals surface area contributed by atoms with Gasteiger partial charge in [0.25, 0.3) is 0 Å². The van der Waals surface area contributed by atoms with Gasteiger partial charge in [0.05, 0.1) is 7.11 Å². The molecule has 2 rings (SSSR count). The number of rotatable bonds is 5. The maximum atomic E-state index is 13.8. The Balaban J connectivity index is 2.19. The van der Waals surface area contributed by atoms with E-state index in [0.29, 0.717) is 6.54 Å². The first kappa shape index (κ1) is 14.5. The number of methoxy groups -OCH3 is 1. The summed E-state index contributed by atoms with van der Waals surface area (Å²) >= 11 is 0. The van der Waals surface area contributed by atoms with Gasteiger partial charge in [-0.3, -0.25) is 0 Å². The van der Waals surface area contributed by atoms with E-state index in [1.807, 2.05) is 6.07 Å². The average molecular weight is 273 g/mol. The van der Waals surface area contributed by atoms with Gasteiger partial charge in [0.1, 0.15) is 0 Å². The van der Waals surface area contributed by atoms with Gasteiger partial charge in [-0.05, 0) is 43.1 Å². The molecule has 0 saturated heterocycles. The Hall–Kier alpha value is -1.87. The van der Waals surface area contributed by atoms with Crippen molar-refractivity contribution in [3.8, 4) is 5.75 Å². The van der Waals surface area contributed by atoms with Gasteiger partial charge in [-0.25, -0.2) is 4.39 Å². The molecule has 20 heavy (non-hydrogen) atoms. The standard InChI is InChI=1S/C17H20FNO/c1-12-3-5-13(6-4-12)9-15(11-19)14-7-8-17(20-2)16(18)10-14/h3-8,10,15H,9,11,19H2,1-2H3. The molecule has 2 nitrogen and oxygen atoms in total. The fourth-order valence-electron chi connectivity index (χ4n) is 2.28. The molecular weight excluding hydrogens is 253 g/mol. The summed E-state index contributed by atoms with van der Waals surface area (Å²) in [6, 6.07) is 13.4. The van der Waals surface area contributed by atoms with Gasteiger partial charge < -0.3 is 10.5 Å². The minimum atomic E-state index is -0.340. The average Bonchev–Trinajstić information content (AvgIpc) is 2.46. The summed E-state index contributed by atoms with van der Waals surface area (Å²) in [5.74, 6) is 0.0327. The highest BCUT2D eigenvalue weighted by Gasteiger charge is 2.13. The maximum absolute atomic E-state index is 13.8. The molecule has 0 spiro atoms. The topological polar surface area (TPSA) is 35.2 Å². The van der Waals surface area contributed by atoms with Crippen molar-refractivity contribution in [2.75, 3.05) is 13.7 Å². The van der Waals surface area contributed by atoms with Gasteiger partial charge in [-0.2, -0.15) is 0 Å². The Morgan fingerprint density at radius 2 is 1.85 bits per heavy atom. The molecule has 2 aromatic rings. The van der Waals surface area contributed by atoms with Crippen molar-refractivity contribution in [2.45, 2.75) is 19.3 Å². The molecule has 0 bridgehead atoms. The lowest BCUT2D eigenvalue weighted by Crippen LogP contribution is -2.15. The zero-order chi connectivity index (χ0) is 14.5. The van der Waals surface area contributed by atoms with E-state index in [9.17, 15) is 4.39 Å². The molecule has 0 radical (unpaired) electrons. The van der Waals surface area contributed by atoms with Gasteiger partial charge >= 0.3 is 0 Å². The van der Waals surface area contributed by atoms with E-state index in [1.165, 1.54) is 24.3 Å². The van der Waals surface area contributed by atoms with Crippen LogP contribution in [0.2, 0.25) is 0 Å². The summed E-state index contributed by atoms with van der Waals surface area (Å²) in [7, 11) is 1.46. The molecule has 106 valence electrons. The SMILES string of the molecule is COc1ccc(C(CN)Cc2ccc(C)cc2)cc1F. The molecule has 0 aromatic heterocycles. The molecule has 2 N–H and O–H groups in total. The first-order valence-electron chi connectivity index (χ1n) is 6.73. The van der Waals surface area contributed by atoms with Gasteiger partial charge in [0.15, 0.2) is 11.6 Å². The van der Waals surface area contributed by atoms with Crippen LogP contribution in [0.1, 0.15) is 22.6 Å². The number of hydrogen-bond acceptors (Lipinski definition) is 2. The van der Waals surface area contributed by atoms with E-state index in [0.717, 1.165) is 12.0 Å². The summed E-state index contributed by atoms with van der Waals surface area (Å²) in [6.45, 7) is 2.54. The molecule has 0 heterocycles. The number of ether oxygens (including phenoxy) is 1. The highest BCUT2D eigenvalue weighted by Crippen LogP contribution is 2.25. The Morgan fingerprint density at radius 3 is 2.40 bits per heavy atom. The molecule has 0 aliphatic rings. The lowest BCUT2D eigenvalue weighted by Gasteiger charge is -2.16. The van der Waals surface area contributed by atoms with Crippen molar-refractivity contribution in [3.05, 3.63) is 65.0 Å². The third-order valence-electron chi connectivity index (χ3n) is 3.53. The zero-order valence-electron chi connectivity index (χ0n) is 11.9. The molecule has 0 aliphatic carbocycles. The molecule has 0 fully saturated rings. The lowest BCUT2D eigenvalue weighted by molar-refractivity contribution is 0.386. The summed E-state index contributed by atoms with van der Waals surface area (Å²) in [5.41, 5.74) is 9.20. The molecule has 0 aliphatic heterocycles. The molecule has 0 amide bonds. The smallest absolute Gasteiger partial charge is 0.165 e. The second-order valence-electron chi connectivity index (χ2n) is 5.02. The molecule has 1 unspecified atom stereocenters. The van der Waals surface area contributed by atoms with Crippen molar-refractivity contribution in [3.63, 3.8) is 0 Å². The van der Waals surface area contributed by atoms with Crippen LogP contribution in [0, 0.1) is 12.7 Å². The first-order chi connectivity index (χ1) is 9.63. The monoisotopic (exact) mass is 273 g/mol. The van der Waals surface area contributed by atoms with Crippen LogP contribution < -0.4 is 10.5 Å². The van der Waals surface area contributed by atoms with Crippen molar-refractivity contribution < 1.29 is 9.13 Å². The van der Waals surface area contributed by atoms with Gasteiger partial charge in [0.2, 0.25) is 0 Å². The predicted octanol–water partition coefficient (Wildman–Crippen LogP) is 3.43. The van der Waals surface area contributed by atoms with E-state index < -0.39 is 0 Å². The van der Waals surface area contributed by atoms with Gasteiger partial charge in [-0.15, -0.1) is 0 Å². The molecule has 0 saturated carbocycles. The van der Waals surface area contributed by atoms with Crippen LogP contribution in [0.5, 0.6) is 5.75 Å². The number of hydrogen-bond donors (Lipinski definition) is 1. The number of aryl methyl sites for hydroxylation is 1. The number of halogens is 1. The third-order valence-corrected chi connectivity index (χ3v) is 3.53. The molecular formula is C17H20FNO. The first-order valence-corrected chi connectivity index (χ1v) is 6.73. The second-order valence-corrected chi connectivity index (χ2v) is 5.02. The summed E-state index contributed by atoms with van der Waals surface area (Å²) in [6.07, 6.45) is 0.808. The normalized spacial score (nSPS) is 12.2. The highest BCUT2D eigenvalue weighted by atomic mass is 19.1. The van der Waals surface area contributed by atoms with Crippen molar-refractivity contribution >= 4 is 0 Å². The van der Waals surface area contributed by atoms with E-state index in [-0.39, 0.29) is 17.5 Å². The fourth-order valence-corrected chi connectivity index (χ4v) is 2.28. The van der Waals surface area contributed by atoms with Crippen LogP contribution in [0.3, 0.4) is 0 Å². The second kappa shape index (κ2) is 6.53. The quantitative estimate of drug-likeness (QED) is 0.906. The van der Waals surface area contributed by atoms with Crippen LogP contribution in [-0.4, -0.2) is 13.7 Å². The van der Waals surface area contributed by atoms with Gasteiger partial charge in [0, 0.05) is 5.92 Å². The molecule has 2 aromatic carbocycles. The predicted molar refractivity (Wildman–Crippen MR) is 79.6 cm³/mol. The fraction of sp³-hybridized carbons (Fsp3) is 0.294. The van der Waals surface area contributed by atoms with E-state index in [2.05, 4.69) is 31.2 Å². The van der Waals surface area contributed by atoms with E-state index in [4.69, 9.17) is 10.5 Å². The molecule has 3 heteroatoms. The van der Waals surface area contributed by atoms with Crippen LogP contribution >= 0.6 is 0 Å². The van der Waals surface area contributed by atoms with E-state index in [1.54, 1.807) is 6.07 Å². The highest BCUT2D eigenvalue weighted by molar-refractivity contribution is 5.33. The zero-order valence-corrected chi connectivity index (χ0v) is 11.9. The maximum Gasteiger partial charge on any atom is 0.165 e.